The first-order chi connectivity index (χ1) is 15.1. The van der Waals surface area contributed by atoms with Crippen molar-refractivity contribution in [3.8, 4) is 33.3 Å². The number of nitrogens with zero attached hydrogens (tertiary/aromatic N) is 6. The fourth-order valence-electron chi connectivity index (χ4n) is 3.66. The highest BCUT2D eigenvalue weighted by atomic mass is 32.1. The Hall–Kier alpha value is -3.92. The number of H-pyrrole nitrogens is 2. The first-order valence-electron chi connectivity index (χ1n) is 9.51. The molecule has 0 aliphatic heterocycles. The Morgan fingerprint density at radius 2 is 1.97 bits per heavy atom. The number of aryl methyl sites for hydroxylation is 1. The van der Waals surface area contributed by atoms with Gasteiger partial charge in [-0.25, -0.2) is 9.97 Å². The molecular weight excluding hydrogens is 415 g/mol. The predicted molar refractivity (Wildman–Crippen MR) is 117 cm³/mol. The standard InChI is InChI=1S/C21H15FN8S/c1-10-24-9-16(30(10)2)13-5-11-14(8-25-13)28-29-20(11)21-26-15-7-23-6-12(19(15)27-21)17-3-4-18(22)31-17/h3-9H,1-2H3,(H,26,27)(H,28,29). The largest absolute Gasteiger partial charge is 0.335 e. The van der Waals surface area contributed by atoms with E-state index < -0.39 is 0 Å². The van der Waals surface area contributed by atoms with Crippen LogP contribution in [0.5, 0.6) is 0 Å². The number of nitrogens with one attached hydrogen (secondary N) is 2. The van der Waals surface area contributed by atoms with Crippen molar-refractivity contribution >= 4 is 33.3 Å². The third-order valence-corrected chi connectivity index (χ3v) is 6.29. The van der Waals surface area contributed by atoms with Crippen molar-refractivity contribution in [1.29, 1.82) is 0 Å². The number of fused-ring (bicyclic) bond motifs is 2. The van der Waals surface area contributed by atoms with Crippen LogP contribution in [0.4, 0.5) is 4.39 Å². The van der Waals surface area contributed by atoms with Crippen LogP contribution in [0.3, 0.4) is 0 Å². The summed E-state index contributed by atoms with van der Waals surface area (Å²) in [5, 5.41) is 8.14. The molecule has 0 radical (unpaired) electrons. The minimum atomic E-state index is -0.244. The van der Waals surface area contributed by atoms with Crippen LogP contribution in [0.15, 0.2) is 43.0 Å². The van der Waals surface area contributed by atoms with E-state index in [1.165, 1.54) is 6.07 Å². The molecule has 0 spiro atoms. The highest BCUT2D eigenvalue weighted by molar-refractivity contribution is 7.14. The predicted octanol–water partition coefficient (Wildman–Crippen LogP) is 4.47. The lowest BCUT2D eigenvalue weighted by Gasteiger charge is -2.03. The van der Waals surface area contributed by atoms with Gasteiger partial charge in [0.2, 0.25) is 0 Å². The van der Waals surface area contributed by atoms with Gasteiger partial charge >= 0.3 is 0 Å². The first-order valence-corrected chi connectivity index (χ1v) is 10.3. The van der Waals surface area contributed by atoms with Crippen LogP contribution in [-0.4, -0.2) is 39.7 Å². The van der Waals surface area contributed by atoms with E-state index in [2.05, 4.69) is 30.1 Å². The average Bonchev–Trinajstić information content (AvgIpc) is 3.54. The molecule has 0 atom stereocenters. The first kappa shape index (κ1) is 17.9. The molecule has 0 aliphatic rings. The maximum absolute atomic E-state index is 13.6. The number of halogens is 1. The van der Waals surface area contributed by atoms with E-state index in [0.717, 1.165) is 60.9 Å². The smallest absolute Gasteiger partial charge is 0.176 e. The van der Waals surface area contributed by atoms with E-state index in [1.807, 2.05) is 30.8 Å². The van der Waals surface area contributed by atoms with Gasteiger partial charge in [0.05, 0.1) is 41.0 Å². The molecule has 0 bridgehead atoms. The Bertz CT molecular complexity index is 1590. The second kappa shape index (κ2) is 6.54. The zero-order valence-corrected chi connectivity index (χ0v) is 17.3. The van der Waals surface area contributed by atoms with Gasteiger partial charge in [0, 0.05) is 29.1 Å². The van der Waals surface area contributed by atoms with Gasteiger partial charge in [0.1, 0.15) is 17.0 Å². The zero-order chi connectivity index (χ0) is 21.1. The van der Waals surface area contributed by atoms with E-state index in [0.29, 0.717) is 11.5 Å². The Morgan fingerprint density at radius 1 is 1.06 bits per heavy atom. The number of pyridine rings is 2. The van der Waals surface area contributed by atoms with Crippen LogP contribution >= 0.6 is 11.3 Å². The topological polar surface area (TPSA) is 101 Å². The monoisotopic (exact) mass is 430 g/mol. The molecular formula is C21H15FN8S. The molecule has 2 N–H and O–H groups in total. The summed E-state index contributed by atoms with van der Waals surface area (Å²) in [6.07, 6.45) is 6.98. The van der Waals surface area contributed by atoms with Crippen molar-refractivity contribution < 1.29 is 4.39 Å². The number of hydrogen-bond acceptors (Lipinski definition) is 6. The van der Waals surface area contributed by atoms with Gasteiger partial charge in [-0.3, -0.25) is 15.1 Å². The highest BCUT2D eigenvalue weighted by Gasteiger charge is 2.18. The quantitative estimate of drug-likeness (QED) is 0.431. The lowest BCUT2D eigenvalue weighted by atomic mass is 10.2. The van der Waals surface area contributed by atoms with Crippen LogP contribution in [0.1, 0.15) is 5.82 Å². The molecule has 0 aromatic carbocycles. The van der Waals surface area contributed by atoms with Gasteiger partial charge < -0.3 is 9.55 Å². The van der Waals surface area contributed by atoms with Gasteiger partial charge in [-0.15, -0.1) is 11.3 Å². The molecule has 0 aliphatic carbocycles. The van der Waals surface area contributed by atoms with Gasteiger partial charge in [-0.05, 0) is 25.1 Å². The molecule has 6 aromatic heterocycles. The van der Waals surface area contributed by atoms with Crippen molar-refractivity contribution in [3.63, 3.8) is 0 Å². The Kier molecular flexibility index (Phi) is 3.78. The molecule has 0 amide bonds. The zero-order valence-electron chi connectivity index (χ0n) is 16.5. The van der Waals surface area contributed by atoms with Crippen LogP contribution in [-0.2, 0) is 7.05 Å². The normalized spacial score (nSPS) is 11.7. The summed E-state index contributed by atoms with van der Waals surface area (Å²) < 4.78 is 15.6. The molecule has 0 fully saturated rings. The van der Waals surface area contributed by atoms with Crippen LogP contribution < -0.4 is 0 Å². The summed E-state index contributed by atoms with van der Waals surface area (Å²) in [4.78, 5) is 22.1. The van der Waals surface area contributed by atoms with Crippen LogP contribution in [0.2, 0.25) is 0 Å². The summed E-state index contributed by atoms with van der Waals surface area (Å²) in [7, 11) is 1.96. The lowest BCUT2D eigenvalue weighted by Crippen LogP contribution is -1.95. The number of aromatic nitrogens is 8. The van der Waals surface area contributed by atoms with Crippen molar-refractivity contribution in [1.82, 2.24) is 39.7 Å². The Balaban J connectivity index is 1.52. The molecule has 0 saturated carbocycles. The Labute approximate surface area is 178 Å². The molecule has 0 saturated heterocycles. The molecule has 6 aromatic rings. The minimum absolute atomic E-state index is 0.244. The second-order valence-electron chi connectivity index (χ2n) is 7.21. The van der Waals surface area contributed by atoms with Crippen molar-refractivity contribution in [3.05, 3.63) is 53.9 Å². The van der Waals surface area contributed by atoms with E-state index in [9.17, 15) is 4.39 Å². The summed E-state index contributed by atoms with van der Waals surface area (Å²) in [5.74, 6) is 1.51. The molecule has 10 heteroatoms. The van der Waals surface area contributed by atoms with Crippen LogP contribution in [0.25, 0.3) is 55.3 Å². The average molecular weight is 430 g/mol. The van der Waals surface area contributed by atoms with E-state index in [-0.39, 0.29) is 5.13 Å². The summed E-state index contributed by atoms with van der Waals surface area (Å²) in [5.41, 5.74) is 5.46. The van der Waals surface area contributed by atoms with Gasteiger partial charge in [-0.1, -0.05) is 0 Å². The third-order valence-electron chi connectivity index (χ3n) is 5.39. The van der Waals surface area contributed by atoms with E-state index in [1.54, 1.807) is 24.7 Å². The third kappa shape index (κ3) is 2.76. The summed E-state index contributed by atoms with van der Waals surface area (Å²) >= 11 is 1.07. The second-order valence-corrected chi connectivity index (χ2v) is 8.24. The Morgan fingerprint density at radius 3 is 2.74 bits per heavy atom. The van der Waals surface area contributed by atoms with Gasteiger partial charge in [0.25, 0.3) is 0 Å². The number of imidazole rings is 2. The molecule has 0 unspecified atom stereocenters. The fraction of sp³-hybridized carbons (Fsp3) is 0.0952. The molecule has 31 heavy (non-hydrogen) atoms. The SMILES string of the molecule is Cc1ncc(-c2cc3c(-c4nc5c(-c6ccc(F)s6)cncc5[nH]4)n[nH]c3cn2)n1C. The highest BCUT2D eigenvalue weighted by Crippen LogP contribution is 2.34. The van der Waals surface area contributed by atoms with Crippen LogP contribution in [0, 0.1) is 12.1 Å². The molecule has 6 rings (SSSR count). The van der Waals surface area contributed by atoms with Crippen molar-refractivity contribution in [2.45, 2.75) is 6.92 Å². The molecule has 152 valence electrons. The van der Waals surface area contributed by atoms with E-state index in [4.69, 9.17) is 4.98 Å². The maximum atomic E-state index is 13.6. The summed E-state index contributed by atoms with van der Waals surface area (Å²) in [6.45, 7) is 1.95. The number of hydrogen-bond donors (Lipinski definition) is 2. The van der Waals surface area contributed by atoms with Crippen molar-refractivity contribution in [2.24, 2.45) is 7.05 Å². The lowest BCUT2D eigenvalue weighted by molar-refractivity contribution is 0.657. The number of rotatable bonds is 3. The van der Waals surface area contributed by atoms with Crippen molar-refractivity contribution in [2.75, 3.05) is 0 Å². The van der Waals surface area contributed by atoms with Gasteiger partial charge in [-0.2, -0.15) is 9.49 Å². The maximum Gasteiger partial charge on any atom is 0.176 e. The number of thiophene rings is 1. The fourth-order valence-corrected chi connectivity index (χ4v) is 4.40. The van der Waals surface area contributed by atoms with E-state index >= 15 is 0 Å². The minimum Gasteiger partial charge on any atom is -0.335 e. The summed E-state index contributed by atoms with van der Waals surface area (Å²) in [6, 6.07) is 5.16. The number of aromatic amines is 2. The molecule has 6 heterocycles. The molecule has 8 nitrogen and oxygen atoms in total. The van der Waals surface area contributed by atoms with Gasteiger partial charge in [0.15, 0.2) is 11.0 Å².